The van der Waals surface area contributed by atoms with E-state index >= 15 is 0 Å². The van der Waals surface area contributed by atoms with Crippen LogP contribution in [0.4, 0.5) is 17.2 Å². The second-order valence-corrected chi connectivity index (χ2v) is 6.71. The monoisotopic (exact) mass is 370 g/mol. The number of aryl methyl sites for hydroxylation is 1. The van der Waals surface area contributed by atoms with Gasteiger partial charge in [-0.15, -0.1) is 0 Å². The summed E-state index contributed by atoms with van der Waals surface area (Å²) in [6.07, 6.45) is 4.95. The lowest BCUT2D eigenvalue weighted by Crippen LogP contribution is -2.18. The molecular formula is C21H18N6O. The van der Waals surface area contributed by atoms with Gasteiger partial charge in [0.15, 0.2) is 5.82 Å². The highest BCUT2D eigenvalue weighted by molar-refractivity contribution is 5.94. The van der Waals surface area contributed by atoms with E-state index in [1.165, 1.54) is 0 Å². The van der Waals surface area contributed by atoms with Crippen molar-refractivity contribution in [2.75, 3.05) is 10.6 Å². The zero-order valence-electron chi connectivity index (χ0n) is 15.0. The van der Waals surface area contributed by atoms with Gasteiger partial charge in [-0.3, -0.25) is 9.89 Å². The van der Waals surface area contributed by atoms with Crippen molar-refractivity contribution in [2.24, 2.45) is 0 Å². The van der Waals surface area contributed by atoms with Crippen molar-refractivity contribution in [2.45, 2.75) is 12.8 Å². The molecule has 3 N–H and O–H groups in total. The van der Waals surface area contributed by atoms with E-state index in [0.717, 1.165) is 46.1 Å². The molecule has 4 aromatic rings. The first-order valence-electron chi connectivity index (χ1n) is 9.10. The summed E-state index contributed by atoms with van der Waals surface area (Å²) in [5.74, 6) is 0.815. The Labute approximate surface area is 161 Å². The maximum absolute atomic E-state index is 11.5. The van der Waals surface area contributed by atoms with Crippen molar-refractivity contribution in [1.29, 1.82) is 0 Å². The van der Waals surface area contributed by atoms with Gasteiger partial charge in [0.1, 0.15) is 0 Å². The fraction of sp³-hybridized carbons (Fsp3) is 0.0952. The quantitative estimate of drug-likeness (QED) is 0.509. The largest absolute Gasteiger partial charge is 0.339 e. The van der Waals surface area contributed by atoms with Crippen LogP contribution in [0.5, 0.6) is 0 Å². The molecule has 0 bridgehead atoms. The van der Waals surface area contributed by atoms with Gasteiger partial charge < -0.3 is 10.6 Å². The van der Waals surface area contributed by atoms with Crippen LogP contribution in [0.2, 0.25) is 0 Å². The number of rotatable bonds is 4. The Hall–Kier alpha value is -3.87. The van der Waals surface area contributed by atoms with E-state index in [1.54, 1.807) is 6.20 Å². The Morgan fingerprint density at radius 3 is 2.75 bits per heavy atom. The summed E-state index contributed by atoms with van der Waals surface area (Å²) < 4.78 is 1.82. The summed E-state index contributed by atoms with van der Waals surface area (Å²) in [5.41, 5.74) is 5.95. The van der Waals surface area contributed by atoms with Crippen LogP contribution in [-0.4, -0.2) is 25.9 Å². The number of nitrogens with one attached hydrogen (secondary N) is 3. The van der Waals surface area contributed by atoms with Crippen molar-refractivity contribution in [3.05, 3.63) is 72.6 Å². The zero-order chi connectivity index (χ0) is 18.9. The van der Waals surface area contributed by atoms with E-state index in [0.29, 0.717) is 6.42 Å². The van der Waals surface area contributed by atoms with Crippen LogP contribution < -0.4 is 10.6 Å². The average molecular weight is 370 g/mol. The number of anilines is 3. The fourth-order valence-electron chi connectivity index (χ4n) is 3.36. The summed E-state index contributed by atoms with van der Waals surface area (Å²) in [5, 5.41) is 17.9. The number of fused-ring (bicyclic) bond motifs is 1. The van der Waals surface area contributed by atoms with E-state index in [9.17, 15) is 4.79 Å². The first-order chi connectivity index (χ1) is 13.7. The summed E-state index contributed by atoms with van der Waals surface area (Å²) in [6, 6.07) is 17.9. The summed E-state index contributed by atoms with van der Waals surface area (Å²) >= 11 is 0. The minimum absolute atomic E-state index is 0.0729. The van der Waals surface area contributed by atoms with Crippen molar-refractivity contribution in [3.63, 3.8) is 0 Å². The van der Waals surface area contributed by atoms with Gasteiger partial charge in [0.2, 0.25) is 5.91 Å². The molecule has 0 saturated heterocycles. The number of H-pyrrole nitrogens is 1. The van der Waals surface area contributed by atoms with Gasteiger partial charge in [-0.1, -0.05) is 12.1 Å². The van der Waals surface area contributed by atoms with Crippen molar-refractivity contribution < 1.29 is 4.79 Å². The number of hydrogen-bond donors (Lipinski definition) is 3. The first kappa shape index (κ1) is 16.3. The van der Waals surface area contributed by atoms with Gasteiger partial charge in [0.05, 0.1) is 11.4 Å². The van der Waals surface area contributed by atoms with Gasteiger partial charge in [-0.05, 0) is 53.9 Å². The predicted molar refractivity (Wildman–Crippen MR) is 108 cm³/mol. The topological polar surface area (TPSA) is 87.6 Å². The third-order valence-corrected chi connectivity index (χ3v) is 4.80. The van der Waals surface area contributed by atoms with Crippen LogP contribution in [0.1, 0.15) is 12.0 Å². The van der Waals surface area contributed by atoms with Gasteiger partial charge in [-0.25, -0.2) is 4.68 Å². The average Bonchev–Trinajstić information content (AvgIpc) is 3.41. The molecule has 1 aliphatic rings. The highest BCUT2D eigenvalue weighted by Gasteiger charge is 2.15. The Balaban J connectivity index is 1.33. The minimum Gasteiger partial charge on any atom is -0.339 e. The van der Waals surface area contributed by atoms with E-state index < -0.39 is 0 Å². The molecule has 0 unspecified atom stereocenters. The molecule has 138 valence electrons. The number of nitrogens with zero attached hydrogens (tertiary/aromatic N) is 3. The van der Waals surface area contributed by atoms with Crippen molar-refractivity contribution in [3.8, 4) is 16.9 Å². The van der Waals surface area contributed by atoms with Gasteiger partial charge in [0.25, 0.3) is 0 Å². The normalized spacial score (nSPS) is 13.1. The van der Waals surface area contributed by atoms with Crippen LogP contribution >= 0.6 is 0 Å². The molecule has 0 saturated carbocycles. The van der Waals surface area contributed by atoms with Crippen LogP contribution in [0.25, 0.3) is 16.9 Å². The zero-order valence-corrected chi connectivity index (χ0v) is 15.0. The number of aromatic amines is 1. The molecule has 0 atom stereocenters. The van der Waals surface area contributed by atoms with Crippen LogP contribution in [-0.2, 0) is 11.2 Å². The summed E-state index contributed by atoms with van der Waals surface area (Å²) in [7, 11) is 0. The minimum atomic E-state index is 0.0729. The lowest BCUT2D eigenvalue weighted by molar-refractivity contribution is -0.116. The molecule has 7 heteroatoms. The summed E-state index contributed by atoms with van der Waals surface area (Å²) in [4.78, 5) is 11.5. The molecule has 1 aliphatic heterocycles. The van der Waals surface area contributed by atoms with Crippen LogP contribution in [0.15, 0.2) is 67.0 Å². The molecule has 7 nitrogen and oxygen atoms in total. The molecule has 0 spiro atoms. The Morgan fingerprint density at radius 1 is 1.04 bits per heavy atom. The second kappa shape index (κ2) is 6.70. The molecule has 0 fully saturated rings. The van der Waals surface area contributed by atoms with Gasteiger partial charge in [0, 0.05) is 36.3 Å². The van der Waals surface area contributed by atoms with Gasteiger partial charge >= 0.3 is 0 Å². The molecular weight excluding hydrogens is 352 g/mol. The number of aromatic nitrogens is 4. The first-order valence-corrected chi connectivity index (χ1v) is 9.10. The maximum Gasteiger partial charge on any atom is 0.224 e. The van der Waals surface area contributed by atoms with Gasteiger partial charge in [-0.2, -0.15) is 10.2 Å². The lowest BCUT2D eigenvalue weighted by Gasteiger charge is -2.17. The van der Waals surface area contributed by atoms with Crippen molar-refractivity contribution in [1.82, 2.24) is 20.0 Å². The fourth-order valence-corrected chi connectivity index (χ4v) is 3.36. The van der Waals surface area contributed by atoms with Crippen LogP contribution in [0, 0.1) is 0 Å². The molecule has 2 aromatic heterocycles. The number of carbonyl (C=O) groups is 1. The molecule has 28 heavy (non-hydrogen) atoms. The SMILES string of the molecule is O=C1CCc2cc(Nc3cc(-c4ccc(-n5cccn5)cc4)[nH]n3)ccc2N1. The molecule has 3 heterocycles. The number of carbonyl (C=O) groups excluding carboxylic acids is 1. The van der Waals surface area contributed by atoms with E-state index in [2.05, 4.69) is 32.0 Å². The summed E-state index contributed by atoms with van der Waals surface area (Å²) in [6.45, 7) is 0. The van der Waals surface area contributed by atoms with Crippen LogP contribution in [0.3, 0.4) is 0 Å². The van der Waals surface area contributed by atoms with E-state index in [4.69, 9.17) is 0 Å². The smallest absolute Gasteiger partial charge is 0.224 e. The Morgan fingerprint density at radius 2 is 1.93 bits per heavy atom. The Kier molecular flexibility index (Phi) is 3.90. The standard InChI is InChI=1S/C21H18N6O/c28-21-9-4-15-12-16(5-8-18(15)24-21)23-20-13-19(25-26-20)14-2-6-17(7-3-14)27-11-1-10-22-27/h1-3,5-8,10-13H,4,9H2,(H,24,28)(H2,23,25,26). The Bertz CT molecular complexity index is 1130. The molecule has 5 rings (SSSR count). The molecule has 0 aliphatic carbocycles. The molecule has 1 amide bonds. The predicted octanol–water partition coefficient (Wildman–Crippen LogP) is 3.89. The van der Waals surface area contributed by atoms with E-state index in [1.807, 2.05) is 59.4 Å². The van der Waals surface area contributed by atoms with Crippen molar-refractivity contribution >= 4 is 23.1 Å². The molecule has 2 aromatic carbocycles. The van der Waals surface area contributed by atoms with E-state index in [-0.39, 0.29) is 5.91 Å². The third kappa shape index (κ3) is 3.14. The lowest BCUT2D eigenvalue weighted by atomic mass is 10.0. The number of amides is 1. The maximum atomic E-state index is 11.5. The number of hydrogen-bond acceptors (Lipinski definition) is 4. The second-order valence-electron chi connectivity index (χ2n) is 6.71. The molecule has 0 radical (unpaired) electrons. The highest BCUT2D eigenvalue weighted by Crippen LogP contribution is 2.28. The third-order valence-electron chi connectivity index (χ3n) is 4.80. The highest BCUT2D eigenvalue weighted by atomic mass is 16.1. The number of benzene rings is 2.